The van der Waals surface area contributed by atoms with Crippen LogP contribution in [0.1, 0.15) is 12.5 Å². The van der Waals surface area contributed by atoms with Crippen LogP contribution in [0.25, 0.3) is 0 Å². The predicted octanol–water partition coefficient (Wildman–Crippen LogP) is 3.71. The van der Waals surface area contributed by atoms with Crippen LogP contribution >= 0.6 is 0 Å². The number of benzene rings is 1. The number of nitrogens with zero attached hydrogens (tertiary/aromatic N) is 1. The molecule has 112 valence electrons. The Bertz CT molecular complexity index is 487. The summed E-state index contributed by atoms with van der Waals surface area (Å²) in [4.78, 5) is 3.73. The van der Waals surface area contributed by atoms with E-state index in [0.717, 1.165) is 18.2 Å². The van der Waals surface area contributed by atoms with E-state index in [1.807, 2.05) is 0 Å². The fourth-order valence-electron chi connectivity index (χ4n) is 1.60. The van der Waals surface area contributed by atoms with Crippen molar-refractivity contribution in [3.63, 3.8) is 0 Å². The maximum absolute atomic E-state index is 12.5. The molecule has 1 aromatic carbocycles. The van der Waals surface area contributed by atoms with E-state index >= 15 is 0 Å². The molecule has 0 saturated carbocycles. The highest BCUT2D eigenvalue weighted by molar-refractivity contribution is 5.48. The Morgan fingerprint density at radius 2 is 1.75 bits per heavy atom. The quantitative estimate of drug-likeness (QED) is 0.483. The molecule has 1 heterocycles. The van der Waals surface area contributed by atoms with Crippen molar-refractivity contribution < 1.29 is 35.9 Å². The van der Waals surface area contributed by atoms with Crippen LogP contribution in [0, 0.1) is 0 Å². The zero-order chi connectivity index (χ0) is 15.1. The highest BCUT2D eigenvalue weighted by Gasteiger charge is 2.47. The summed E-state index contributed by atoms with van der Waals surface area (Å²) in [5.41, 5.74) is -1.45. The topological polar surface area (TPSA) is 25.0 Å². The molecule has 2 rings (SSSR count). The van der Waals surface area contributed by atoms with E-state index in [0.29, 0.717) is 11.1 Å². The third-order valence-electron chi connectivity index (χ3n) is 2.54. The van der Waals surface area contributed by atoms with Crippen molar-refractivity contribution in [3.05, 3.63) is 29.8 Å². The Morgan fingerprint density at radius 3 is 2.20 bits per heavy atom. The van der Waals surface area contributed by atoms with Gasteiger partial charge in [0, 0.05) is 0 Å². The van der Waals surface area contributed by atoms with Crippen LogP contribution < -0.4 is 5.06 Å². The summed E-state index contributed by atoms with van der Waals surface area (Å²) in [6, 6.07) is 3.40. The Balaban J connectivity index is 2.29. The number of hydroxylamine groups is 1. The molecule has 2 unspecified atom stereocenters. The first-order chi connectivity index (χ1) is 9.08. The average Bonchev–Trinajstić information content (AvgIpc) is 3.01. The molecule has 0 bridgehead atoms. The first-order valence-corrected chi connectivity index (χ1v) is 5.46. The van der Waals surface area contributed by atoms with Crippen LogP contribution in [0.3, 0.4) is 0 Å². The summed E-state index contributed by atoms with van der Waals surface area (Å²) in [5, 5.41) is 0.292. The normalized spacial score (nSPS) is 22.8. The number of ether oxygens (including phenoxy) is 1. The second-order valence-corrected chi connectivity index (χ2v) is 4.14. The lowest BCUT2D eigenvalue weighted by Gasteiger charge is -2.23. The Kier molecular flexibility index (Phi) is 3.59. The van der Waals surface area contributed by atoms with Crippen molar-refractivity contribution in [2.75, 3.05) is 5.06 Å². The van der Waals surface area contributed by atoms with Gasteiger partial charge in [-0.25, -0.2) is 5.06 Å². The lowest BCUT2D eigenvalue weighted by atomic mass is 10.2. The van der Waals surface area contributed by atoms with Crippen LogP contribution in [-0.2, 0) is 15.8 Å². The maximum atomic E-state index is 12.5. The van der Waals surface area contributed by atoms with Gasteiger partial charge in [-0.3, -0.25) is 0 Å². The van der Waals surface area contributed by atoms with Crippen LogP contribution in [-0.4, -0.2) is 18.7 Å². The summed E-state index contributed by atoms with van der Waals surface area (Å²) in [6.45, 7) is 1.48. The van der Waals surface area contributed by atoms with Gasteiger partial charge in [-0.2, -0.15) is 18.0 Å². The van der Waals surface area contributed by atoms with Crippen molar-refractivity contribution in [1.29, 1.82) is 0 Å². The number of alkyl halides is 6. The second-order valence-electron chi connectivity index (χ2n) is 4.14. The van der Waals surface area contributed by atoms with Crippen molar-refractivity contribution >= 4 is 5.69 Å². The fraction of sp³-hybridized carbons (Fsp3) is 0.455. The minimum Gasteiger partial charge on any atom is -0.346 e. The van der Waals surface area contributed by atoms with Crippen molar-refractivity contribution in [2.45, 2.75) is 31.8 Å². The first-order valence-electron chi connectivity index (χ1n) is 5.46. The molecular weight excluding hydrogens is 292 g/mol. The molecular formula is C11H9F6NO2. The molecule has 0 amide bonds. The third kappa shape index (κ3) is 3.54. The number of rotatable bonds is 3. The van der Waals surface area contributed by atoms with Crippen molar-refractivity contribution in [1.82, 2.24) is 0 Å². The highest BCUT2D eigenvalue weighted by Crippen LogP contribution is 2.37. The van der Waals surface area contributed by atoms with Crippen molar-refractivity contribution in [3.8, 4) is 0 Å². The molecule has 1 aliphatic heterocycles. The van der Waals surface area contributed by atoms with Crippen LogP contribution in [0.2, 0.25) is 0 Å². The molecule has 0 N–H and O–H groups in total. The van der Waals surface area contributed by atoms with Gasteiger partial charge in [-0.15, -0.1) is 13.2 Å². The van der Waals surface area contributed by atoms with Gasteiger partial charge in [0.1, 0.15) is 6.10 Å². The number of epoxide rings is 1. The summed E-state index contributed by atoms with van der Waals surface area (Å²) in [7, 11) is 0. The largest absolute Gasteiger partial charge is 0.544 e. The molecule has 1 aromatic rings. The number of hydrogen-bond acceptors (Lipinski definition) is 3. The minimum atomic E-state index is -5.03. The Hall–Kier alpha value is -1.48. The highest BCUT2D eigenvalue weighted by atomic mass is 19.4. The molecule has 0 spiro atoms. The monoisotopic (exact) mass is 301 g/mol. The van der Waals surface area contributed by atoms with Crippen LogP contribution in [0.15, 0.2) is 24.3 Å². The molecule has 0 radical (unpaired) electrons. The van der Waals surface area contributed by atoms with E-state index in [2.05, 4.69) is 4.84 Å². The van der Waals surface area contributed by atoms with Crippen LogP contribution in [0.5, 0.6) is 0 Å². The predicted molar refractivity (Wildman–Crippen MR) is 55.4 cm³/mol. The van der Waals surface area contributed by atoms with Gasteiger partial charge >= 0.3 is 12.5 Å². The first kappa shape index (κ1) is 14.9. The van der Waals surface area contributed by atoms with Gasteiger partial charge in [0.15, 0.2) is 6.23 Å². The van der Waals surface area contributed by atoms with E-state index in [1.54, 1.807) is 0 Å². The van der Waals surface area contributed by atoms with E-state index in [-0.39, 0.29) is 5.69 Å². The lowest BCUT2D eigenvalue weighted by Crippen LogP contribution is -2.34. The van der Waals surface area contributed by atoms with Gasteiger partial charge in [0.25, 0.3) is 0 Å². The molecule has 9 heteroatoms. The molecule has 20 heavy (non-hydrogen) atoms. The molecule has 0 aromatic heterocycles. The number of halogens is 6. The van der Waals surface area contributed by atoms with Crippen molar-refractivity contribution in [2.24, 2.45) is 0 Å². The smallest absolute Gasteiger partial charge is 0.346 e. The standard InChI is InChI=1S/C11H9F6NO2/c1-6-9(19-6)18(20-11(15,16)17)8-4-2-3-7(5-8)10(12,13)14/h2-6,9H,1H3. The SMILES string of the molecule is CC1OC1N(OC(F)(F)F)c1cccc(C(F)(F)F)c1. The molecule has 1 aliphatic rings. The lowest BCUT2D eigenvalue weighted by molar-refractivity contribution is -0.332. The van der Waals surface area contributed by atoms with Gasteiger partial charge in [-0.1, -0.05) is 6.07 Å². The van der Waals surface area contributed by atoms with E-state index in [1.165, 1.54) is 6.92 Å². The van der Waals surface area contributed by atoms with Crippen LogP contribution in [0.4, 0.5) is 32.0 Å². The Morgan fingerprint density at radius 1 is 1.15 bits per heavy atom. The molecule has 1 fully saturated rings. The zero-order valence-corrected chi connectivity index (χ0v) is 10.00. The number of anilines is 1. The summed E-state index contributed by atoms with van der Waals surface area (Å²) in [6.07, 6.45) is -11.3. The van der Waals surface area contributed by atoms with E-state index in [9.17, 15) is 26.3 Å². The van der Waals surface area contributed by atoms with E-state index < -0.39 is 30.4 Å². The fourth-order valence-corrected chi connectivity index (χ4v) is 1.60. The molecule has 3 nitrogen and oxygen atoms in total. The summed E-state index contributed by atoms with van der Waals surface area (Å²) in [5.74, 6) is 0. The Labute approximate surface area is 109 Å². The zero-order valence-electron chi connectivity index (χ0n) is 10.00. The number of hydrogen-bond donors (Lipinski definition) is 0. The van der Waals surface area contributed by atoms with Gasteiger partial charge in [0.2, 0.25) is 0 Å². The molecule has 2 atom stereocenters. The van der Waals surface area contributed by atoms with Gasteiger partial charge < -0.3 is 4.74 Å². The van der Waals surface area contributed by atoms with E-state index in [4.69, 9.17) is 4.74 Å². The molecule has 1 saturated heterocycles. The summed E-state index contributed by atoms with van der Waals surface area (Å²) < 4.78 is 79.4. The third-order valence-corrected chi connectivity index (χ3v) is 2.54. The van der Waals surface area contributed by atoms with Gasteiger partial charge in [-0.05, 0) is 25.1 Å². The summed E-state index contributed by atoms with van der Waals surface area (Å²) >= 11 is 0. The minimum absolute atomic E-state index is 0.292. The second kappa shape index (κ2) is 4.81. The molecule has 0 aliphatic carbocycles. The average molecular weight is 301 g/mol. The maximum Gasteiger partial charge on any atom is 0.544 e. The van der Waals surface area contributed by atoms with Gasteiger partial charge in [0.05, 0.1) is 11.3 Å².